The zero-order valence-corrected chi connectivity index (χ0v) is 9.66. The van der Waals surface area contributed by atoms with E-state index in [1.54, 1.807) is 13.8 Å². The van der Waals surface area contributed by atoms with Gasteiger partial charge in [0.1, 0.15) is 0 Å². The number of carboxylic acid groups (broad SMARTS) is 1. The highest BCUT2D eigenvalue weighted by Gasteiger charge is 2.33. The van der Waals surface area contributed by atoms with Crippen molar-refractivity contribution in [3.63, 3.8) is 0 Å². The first-order chi connectivity index (χ1) is 6.13. The van der Waals surface area contributed by atoms with Crippen molar-refractivity contribution in [2.75, 3.05) is 20.2 Å². The highest BCUT2D eigenvalue weighted by molar-refractivity contribution is 5.73. The second-order valence-corrected chi connectivity index (χ2v) is 5.02. The molecule has 0 rings (SSSR count). The molecule has 0 aliphatic heterocycles. The smallest absolute Gasteiger partial charge is 0.310 e. The predicted octanol–water partition coefficient (Wildman–Crippen LogP) is 0.800. The zero-order valence-electron chi connectivity index (χ0n) is 9.66. The lowest BCUT2D eigenvalue weighted by molar-refractivity contribution is -0.148. The molecule has 0 unspecified atom stereocenters. The van der Waals surface area contributed by atoms with Crippen molar-refractivity contribution >= 4 is 5.97 Å². The number of carboxylic acids is 1. The van der Waals surface area contributed by atoms with Crippen LogP contribution in [0, 0.1) is 5.41 Å². The highest BCUT2D eigenvalue weighted by atomic mass is 16.4. The molecule has 84 valence electrons. The normalized spacial score (nSPS) is 13.4. The minimum atomic E-state index is -0.821. The molecule has 0 saturated heterocycles. The van der Waals surface area contributed by atoms with Gasteiger partial charge in [-0.1, -0.05) is 0 Å². The van der Waals surface area contributed by atoms with E-state index in [4.69, 9.17) is 10.2 Å². The van der Waals surface area contributed by atoms with Crippen LogP contribution in [-0.2, 0) is 4.79 Å². The summed E-state index contributed by atoms with van der Waals surface area (Å²) in [5.41, 5.74) is -1.17. The molecule has 0 aromatic rings. The van der Waals surface area contributed by atoms with E-state index in [0.29, 0.717) is 6.54 Å². The van der Waals surface area contributed by atoms with Crippen LogP contribution in [0.5, 0.6) is 0 Å². The number of hydrogen-bond acceptors (Lipinski definition) is 3. The van der Waals surface area contributed by atoms with Crippen molar-refractivity contribution in [1.82, 2.24) is 4.90 Å². The van der Waals surface area contributed by atoms with E-state index in [1.165, 1.54) is 0 Å². The number of aliphatic hydroxyl groups is 1. The van der Waals surface area contributed by atoms with Crippen molar-refractivity contribution in [3.8, 4) is 0 Å². The Balaban J connectivity index is 4.46. The molecule has 4 nitrogen and oxygen atoms in total. The molecule has 0 aliphatic rings. The maximum absolute atomic E-state index is 10.9. The first-order valence-electron chi connectivity index (χ1n) is 4.69. The third-order valence-electron chi connectivity index (χ3n) is 2.63. The van der Waals surface area contributed by atoms with Crippen LogP contribution in [0.3, 0.4) is 0 Å². The molecule has 0 radical (unpaired) electrons. The van der Waals surface area contributed by atoms with E-state index in [2.05, 4.69) is 0 Å². The summed E-state index contributed by atoms with van der Waals surface area (Å²) in [5, 5.41) is 18.1. The van der Waals surface area contributed by atoms with Gasteiger partial charge in [-0.3, -0.25) is 9.69 Å². The molecular formula is C10H21NO3. The Bertz CT molecular complexity index is 211. The van der Waals surface area contributed by atoms with Gasteiger partial charge in [-0.05, 0) is 34.7 Å². The minimum Gasteiger partial charge on any atom is -0.481 e. The first kappa shape index (κ1) is 13.4. The van der Waals surface area contributed by atoms with Gasteiger partial charge in [0, 0.05) is 12.1 Å². The Morgan fingerprint density at radius 2 is 1.71 bits per heavy atom. The summed E-state index contributed by atoms with van der Waals surface area (Å²) in [7, 11) is 1.82. The maximum Gasteiger partial charge on any atom is 0.310 e. The van der Waals surface area contributed by atoms with Crippen LogP contribution < -0.4 is 0 Å². The van der Waals surface area contributed by atoms with Gasteiger partial charge in [-0.25, -0.2) is 0 Å². The maximum atomic E-state index is 10.9. The van der Waals surface area contributed by atoms with Crippen molar-refractivity contribution < 1.29 is 15.0 Å². The van der Waals surface area contributed by atoms with Crippen molar-refractivity contribution in [2.24, 2.45) is 5.41 Å². The lowest BCUT2D eigenvalue weighted by atomic mass is 9.91. The van der Waals surface area contributed by atoms with Crippen LogP contribution in [0.2, 0.25) is 0 Å². The quantitative estimate of drug-likeness (QED) is 0.694. The summed E-state index contributed by atoms with van der Waals surface area (Å²) < 4.78 is 0. The van der Waals surface area contributed by atoms with Crippen LogP contribution in [-0.4, -0.2) is 46.8 Å². The van der Waals surface area contributed by atoms with E-state index in [0.717, 1.165) is 0 Å². The van der Waals surface area contributed by atoms with E-state index in [-0.39, 0.29) is 12.1 Å². The molecule has 0 heterocycles. The van der Waals surface area contributed by atoms with E-state index >= 15 is 0 Å². The van der Waals surface area contributed by atoms with Gasteiger partial charge in [0.25, 0.3) is 0 Å². The molecule has 0 aromatic heterocycles. The first-order valence-corrected chi connectivity index (χ1v) is 4.69. The second-order valence-electron chi connectivity index (χ2n) is 5.02. The fraction of sp³-hybridized carbons (Fsp3) is 0.900. The van der Waals surface area contributed by atoms with Gasteiger partial charge < -0.3 is 10.2 Å². The number of hydrogen-bond donors (Lipinski definition) is 2. The van der Waals surface area contributed by atoms with E-state index < -0.39 is 11.4 Å². The fourth-order valence-corrected chi connectivity index (χ4v) is 0.995. The van der Waals surface area contributed by atoms with Gasteiger partial charge >= 0.3 is 5.97 Å². The molecule has 0 fully saturated rings. The predicted molar refractivity (Wildman–Crippen MR) is 55.2 cm³/mol. The van der Waals surface area contributed by atoms with E-state index in [1.807, 2.05) is 25.8 Å². The van der Waals surface area contributed by atoms with Gasteiger partial charge in [-0.15, -0.1) is 0 Å². The van der Waals surface area contributed by atoms with Crippen LogP contribution in [0.15, 0.2) is 0 Å². The van der Waals surface area contributed by atoms with Gasteiger partial charge in [0.15, 0.2) is 0 Å². The Labute approximate surface area is 85.5 Å². The van der Waals surface area contributed by atoms with Crippen LogP contribution in [0.25, 0.3) is 0 Å². The van der Waals surface area contributed by atoms with Gasteiger partial charge in [0.2, 0.25) is 0 Å². The molecule has 0 aliphatic carbocycles. The number of aliphatic carboxylic acids is 1. The summed E-state index contributed by atoms with van der Waals surface area (Å²) in [6.45, 7) is 7.55. The lowest BCUT2D eigenvalue weighted by Gasteiger charge is -2.37. The fourth-order valence-electron chi connectivity index (χ4n) is 0.995. The minimum absolute atomic E-state index is 0.0131. The molecule has 0 spiro atoms. The average molecular weight is 203 g/mol. The standard InChI is InChI=1S/C10H21NO3/c1-9(2,8(13)14)6-11(5)10(3,4)7-12/h12H,6-7H2,1-5H3,(H,13,14). The number of aliphatic hydroxyl groups excluding tert-OH is 1. The lowest BCUT2D eigenvalue weighted by Crippen LogP contribution is -2.49. The SMILES string of the molecule is CN(CC(C)(C)C(=O)O)C(C)(C)CO. The van der Waals surface area contributed by atoms with Crippen LogP contribution in [0.1, 0.15) is 27.7 Å². The number of nitrogens with zero attached hydrogens (tertiary/aromatic N) is 1. The zero-order chi connectivity index (χ0) is 11.6. The van der Waals surface area contributed by atoms with Crippen LogP contribution in [0.4, 0.5) is 0 Å². The largest absolute Gasteiger partial charge is 0.481 e. The van der Waals surface area contributed by atoms with Crippen molar-refractivity contribution in [2.45, 2.75) is 33.2 Å². The molecule has 0 aromatic carbocycles. The molecule has 4 heteroatoms. The van der Waals surface area contributed by atoms with Crippen LogP contribution >= 0.6 is 0 Å². The molecule has 2 N–H and O–H groups in total. The van der Waals surface area contributed by atoms with Crippen molar-refractivity contribution in [1.29, 1.82) is 0 Å². The average Bonchev–Trinajstić information content (AvgIpc) is 2.03. The summed E-state index contributed by atoms with van der Waals surface area (Å²) in [4.78, 5) is 12.7. The molecular weight excluding hydrogens is 182 g/mol. The Kier molecular flexibility index (Phi) is 4.09. The molecule has 0 amide bonds. The molecule has 0 saturated carbocycles. The monoisotopic (exact) mass is 203 g/mol. The summed E-state index contributed by atoms with van der Waals surface area (Å²) in [5.74, 6) is -0.821. The Hall–Kier alpha value is -0.610. The summed E-state index contributed by atoms with van der Waals surface area (Å²) in [6, 6.07) is 0. The van der Waals surface area contributed by atoms with E-state index in [9.17, 15) is 4.79 Å². The number of carbonyl (C=O) groups is 1. The second kappa shape index (κ2) is 4.28. The third-order valence-corrected chi connectivity index (χ3v) is 2.63. The highest BCUT2D eigenvalue weighted by Crippen LogP contribution is 2.21. The summed E-state index contributed by atoms with van der Waals surface area (Å²) in [6.07, 6.45) is 0. The Morgan fingerprint density at radius 1 is 1.29 bits per heavy atom. The number of rotatable bonds is 5. The topological polar surface area (TPSA) is 60.8 Å². The third kappa shape index (κ3) is 3.27. The Morgan fingerprint density at radius 3 is 2.00 bits per heavy atom. The van der Waals surface area contributed by atoms with Gasteiger partial charge in [-0.2, -0.15) is 0 Å². The van der Waals surface area contributed by atoms with Gasteiger partial charge in [0.05, 0.1) is 12.0 Å². The molecule has 0 bridgehead atoms. The number of likely N-dealkylation sites (N-methyl/N-ethyl adjacent to an activating group) is 1. The van der Waals surface area contributed by atoms with Crippen molar-refractivity contribution in [3.05, 3.63) is 0 Å². The molecule has 0 atom stereocenters. The summed E-state index contributed by atoms with van der Waals surface area (Å²) >= 11 is 0. The molecule has 14 heavy (non-hydrogen) atoms.